The molecule has 2 heterocycles. The predicted octanol–water partition coefficient (Wildman–Crippen LogP) is -1.57. The van der Waals surface area contributed by atoms with Crippen molar-refractivity contribution in [3.05, 3.63) is 42.4 Å². The lowest BCUT2D eigenvalue weighted by Gasteiger charge is -2.24. The summed E-state index contributed by atoms with van der Waals surface area (Å²) in [6.45, 7) is 4.35. The van der Waals surface area contributed by atoms with E-state index in [0.717, 1.165) is 11.5 Å². The molecule has 5 heteroatoms. The van der Waals surface area contributed by atoms with E-state index in [1.165, 1.54) is 16.2 Å². The second kappa shape index (κ2) is 5.42. The maximum absolute atomic E-state index is 4.45. The molecular formula is C14H17IN4. The monoisotopic (exact) mass is 368 g/mol. The summed E-state index contributed by atoms with van der Waals surface area (Å²) in [7, 11) is 2.16. The number of aromatic nitrogens is 2. The number of nitrogens with zero attached hydrogens (tertiary/aromatic N) is 3. The number of quaternary nitrogens is 1. The van der Waals surface area contributed by atoms with E-state index in [9.17, 15) is 0 Å². The number of anilines is 2. The largest absolute Gasteiger partial charge is 1.00 e. The minimum atomic E-state index is 0. The van der Waals surface area contributed by atoms with Gasteiger partial charge in [-0.15, -0.1) is 0 Å². The second-order valence-corrected chi connectivity index (χ2v) is 4.78. The quantitative estimate of drug-likeness (QED) is 0.618. The highest BCUT2D eigenvalue weighted by Crippen LogP contribution is 2.34. The molecule has 0 radical (unpaired) electrons. The number of rotatable bonds is 1. The summed E-state index contributed by atoms with van der Waals surface area (Å²) >= 11 is 0. The fraction of sp³-hybridized carbons (Fsp3) is 0.286. The van der Waals surface area contributed by atoms with Crippen LogP contribution in [0.15, 0.2) is 36.8 Å². The maximum Gasteiger partial charge on any atom is 0.203 e. The smallest absolute Gasteiger partial charge is 0.203 e. The molecule has 1 aliphatic rings. The first-order chi connectivity index (χ1) is 8.70. The molecule has 2 aromatic rings. The van der Waals surface area contributed by atoms with Crippen molar-refractivity contribution in [3.8, 4) is 0 Å². The van der Waals surface area contributed by atoms with Crippen molar-refractivity contribution in [2.75, 3.05) is 11.9 Å². The van der Waals surface area contributed by atoms with E-state index in [2.05, 4.69) is 60.0 Å². The molecule has 0 amide bonds. The molecule has 0 aliphatic carbocycles. The highest BCUT2D eigenvalue weighted by atomic mass is 127. The number of benzene rings is 1. The van der Waals surface area contributed by atoms with E-state index in [0.29, 0.717) is 6.17 Å². The van der Waals surface area contributed by atoms with Gasteiger partial charge in [-0.2, -0.15) is 0 Å². The Morgan fingerprint density at radius 3 is 2.74 bits per heavy atom. The van der Waals surface area contributed by atoms with Crippen molar-refractivity contribution in [2.24, 2.45) is 0 Å². The molecule has 3 rings (SSSR count). The number of aryl methyl sites for hydroxylation is 1. The average molecular weight is 368 g/mol. The first-order valence-corrected chi connectivity index (χ1v) is 6.19. The van der Waals surface area contributed by atoms with Gasteiger partial charge in [0.1, 0.15) is 6.33 Å². The van der Waals surface area contributed by atoms with Crippen LogP contribution in [0, 0.1) is 6.92 Å². The summed E-state index contributed by atoms with van der Waals surface area (Å²) in [5, 5.41) is 0. The highest BCUT2D eigenvalue weighted by Gasteiger charge is 2.38. The van der Waals surface area contributed by atoms with Crippen molar-refractivity contribution in [1.82, 2.24) is 9.97 Å². The number of nitrogens with one attached hydrogen (secondary N) is 1. The van der Waals surface area contributed by atoms with Crippen LogP contribution in [0.5, 0.6) is 0 Å². The summed E-state index contributed by atoms with van der Waals surface area (Å²) in [6, 6.07) is 8.42. The number of hydrogen-bond donors (Lipinski definition) is 1. The van der Waals surface area contributed by atoms with Crippen LogP contribution in [-0.2, 0) is 0 Å². The van der Waals surface area contributed by atoms with Gasteiger partial charge < -0.3 is 24.0 Å². The summed E-state index contributed by atoms with van der Waals surface area (Å²) in [5.74, 6) is 1.02. The minimum Gasteiger partial charge on any atom is -1.00 e. The van der Waals surface area contributed by atoms with Crippen LogP contribution < -0.4 is 33.8 Å². The summed E-state index contributed by atoms with van der Waals surface area (Å²) in [4.78, 5) is 12.2. The number of fused-ring (bicyclic) bond motifs is 1. The van der Waals surface area contributed by atoms with Crippen LogP contribution in [0.25, 0.3) is 0 Å². The van der Waals surface area contributed by atoms with Crippen molar-refractivity contribution >= 4 is 17.2 Å². The van der Waals surface area contributed by atoms with Gasteiger partial charge in [0.15, 0.2) is 11.9 Å². The Morgan fingerprint density at radius 2 is 2.00 bits per heavy atom. The third-order valence-electron chi connectivity index (χ3n) is 3.73. The average Bonchev–Trinajstić information content (AvgIpc) is 2.64. The highest BCUT2D eigenvalue weighted by molar-refractivity contribution is 5.72. The Kier molecular flexibility index (Phi) is 4.05. The van der Waals surface area contributed by atoms with Crippen molar-refractivity contribution in [3.63, 3.8) is 0 Å². The molecule has 4 nitrogen and oxygen atoms in total. The molecule has 1 aromatic carbocycles. The van der Waals surface area contributed by atoms with Crippen LogP contribution in [0.2, 0.25) is 0 Å². The fourth-order valence-corrected chi connectivity index (χ4v) is 2.55. The second-order valence-electron chi connectivity index (χ2n) is 4.78. The van der Waals surface area contributed by atoms with Gasteiger partial charge in [0.2, 0.25) is 5.82 Å². The summed E-state index contributed by atoms with van der Waals surface area (Å²) < 4.78 is 0. The van der Waals surface area contributed by atoms with E-state index in [4.69, 9.17) is 0 Å². The molecule has 1 unspecified atom stereocenters. The minimum absolute atomic E-state index is 0. The van der Waals surface area contributed by atoms with Crippen molar-refractivity contribution in [2.45, 2.75) is 20.0 Å². The molecular weight excluding hydrogens is 351 g/mol. The van der Waals surface area contributed by atoms with Gasteiger partial charge >= 0.3 is 0 Å². The SMILES string of the molecule is Cc1ccccc1N1c2ncncc2[NH+](C)[C@@H]1C.[I-]. The van der Waals surface area contributed by atoms with Crippen molar-refractivity contribution in [1.29, 1.82) is 0 Å². The number of hydrogen-bond acceptors (Lipinski definition) is 3. The molecule has 2 atom stereocenters. The molecule has 0 saturated heterocycles. The van der Waals surface area contributed by atoms with E-state index in [1.807, 2.05) is 6.20 Å². The van der Waals surface area contributed by atoms with Crippen LogP contribution in [0.3, 0.4) is 0 Å². The predicted molar refractivity (Wildman–Crippen MR) is 71.4 cm³/mol. The Bertz CT molecular complexity index is 587. The molecule has 0 spiro atoms. The molecule has 100 valence electrons. The van der Waals surface area contributed by atoms with Crippen LogP contribution in [0.4, 0.5) is 17.2 Å². The van der Waals surface area contributed by atoms with Crippen molar-refractivity contribution < 1.29 is 28.9 Å². The van der Waals surface area contributed by atoms with Gasteiger partial charge in [-0.3, -0.25) is 9.80 Å². The van der Waals surface area contributed by atoms with E-state index in [-0.39, 0.29) is 24.0 Å². The Labute approximate surface area is 130 Å². The molecule has 0 saturated carbocycles. The van der Waals surface area contributed by atoms with Gasteiger partial charge in [-0.25, -0.2) is 9.97 Å². The normalized spacial score (nSPS) is 20.9. The van der Waals surface area contributed by atoms with Gasteiger partial charge in [0.25, 0.3) is 0 Å². The first-order valence-electron chi connectivity index (χ1n) is 6.19. The van der Waals surface area contributed by atoms with Gasteiger partial charge in [0, 0.05) is 6.92 Å². The van der Waals surface area contributed by atoms with Crippen LogP contribution in [-0.4, -0.2) is 23.2 Å². The fourth-order valence-electron chi connectivity index (χ4n) is 2.55. The number of halogens is 1. The number of para-hydroxylation sites is 1. The maximum atomic E-state index is 4.45. The third kappa shape index (κ3) is 2.21. The molecule has 19 heavy (non-hydrogen) atoms. The Morgan fingerprint density at radius 1 is 1.26 bits per heavy atom. The lowest BCUT2D eigenvalue weighted by molar-refractivity contribution is -0.828. The molecule has 0 bridgehead atoms. The van der Waals surface area contributed by atoms with Gasteiger partial charge in [-0.05, 0) is 18.6 Å². The Hall–Kier alpha value is -1.21. The summed E-state index contributed by atoms with van der Waals surface area (Å²) in [6.07, 6.45) is 3.86. The van der Waals surface area contributed by atoms with E-state index < -0.39 is 0 Å². The molecule has 1 aromatic heterocycles. The zero-order valence-electron chi connectivity index (χ0n) is 11.3. The van der Waals surface area contributed by atoms with Gasteiger partial charge in [-0.1, -0.05) is 18.2 Å². The van der Waals surface area contributed by atoms with E-state index in [1.54, 1.807) is 6.33 Å². The summed E-state index contributed by atoms with van der Waals surface area (Å²) in [5.41, 5.74) is 3.65. The molecule has 0 fully saturated rings. The topological polar surface area (TPSA) is 33.5 Å². The van der Waals surface area contributed by atoms with Crippen LogP contribution >= 0.6 is 0 Å². The van der Waals surface area contributed by atoms with E-state index >= 15 is 0 Å². The first kappa shape index (κ1) is 14.2. The van der Waals surface area contributed by atoms with Crippen LogP contribution in [0.1, 0.15) is 12.5 Å². The molecule has 1 aliphatic heterocycles. The lowest BCUT2D eigenvalue weighted by atomic mass is 10.2. The lowest BCUT2D eigenvalue weighted by Crippen LogP contribution is -3.07. The Balaban J connectivity index is 0.00000133. The molecule has 1 N–H and O–H groups in total. The van der Waals surface area contributed by atoms with Gasteiger partial charge in [0.05, 0.1) is 18.9 Å². The standard InChI is InChI=1S/C14H16N4.HI/c1-10-6-4-5-7-12(10)18-11(2)17(3)13-8-15-9-16-14(13)18;/h4-9,11H,1-3H3;1H/t11-;/m0./s1. The zero-order chi connectivity index (χ0) is 12.7. The third-order valence-corrected chi connectivity index (χ3v) is 3.73. The zero-order valence-corrected chi connectivity index (χ0v) is 13.4.